The van der Waals surface area contributed by atoms with Gasteiger partial charge in [0.25, 0.3) is 0 Å². The van der Waals surface area contributed by atoms with Crippen LogP contribution in [0.1, 0.15) is 31.5 Å². The van der Waals surface area contributed by atoms with Gasteiger partial charge in [0.05, 0.1) is 23.7 Å². The number of imidazole rings is 1. The molecule has 0 bridgehead atoms. The summed E-state index contributed by atoms with van der Waals surface area (Å²) in [6.45, 7) is 1.81. The third-order valence-corrected chi connectivity index (χ3v) is 3.94. The quantitative estimate of drug-likeness (QED) is 0.807. The zero-order valence-electron chi connectivity index (χ0n) is 10.9. The van der Waals surface area contributed by atoms with Crippen LogP contribution in [-0.2, 0) is 17.2 Å². The number of halogens is 1. The zero-order valence-corrected chi connectivity index (χ0v) is 11.6. The second kappa shape index (κ2) is 5.88. The molecule has 0 amide bonds. The Balaban J connectivity index is 1.78. The predicted molar refractivity (Wildman–Crippen MR) is 75.3 cm³/mol. The van der Waals surface area contributed by atoms with Gasteiger partial charge < -0.3 is 9.30 Å². The van der Waals surface area contributed by atoms with Gasteiger partial charge in [-0.1, -0.05) is 0 Å². The normalized spacial score (nSPS) is 19.9. The van der Waals surface area contributed by atoms with E-state index < -0.39 is 0 Å². The summed E-state index contributed by atoms with van der Waals surface area (Å²) in [6, 6.07) is 2.00. The Kier molecular flexibility index (Phi) is 3.99. The SMILES string of the molecule is ClCc1nc2cnccc2n1CCC1CCCCO1. The van der Waals surface area contributed by atoms with E-state index in [4.69, 9.17) is 16.3 Å². The van der Waals surface area contributed by atoms with Gasteiger partial charge >= 0.3 is 0 Å². The number of rotatable bonds is 4. The van der Waals surface area contributed by atoms with Gasteiger partial charge in [-0.15, -0.1) is 11.6 Å². The fraction of sp³-hybridized carbons (Fsp3) is 0.571. The maximum absolute atomic E-state index is 5.99. The molecule has 0 aliphatic carbocycles. The highest BCUT2D eigenvalue weighted by Crippen LogP contribution is 2.20. The number of hydrogen-bond acceptors (Lipinski definition) is 3. The Labute approximate surface area is 117 Å². The van der Waals surface area contributed by atoms with Crippen LogP contribution in [0.15, 0.2) is 18.5 Å². The van der Waals surface area contributed by atoms with Crippen LogP contribution in [0, 0.1) is 0 Å². The molecule has 1 unspecified atom stereocenters. The van der Waals surface area contributed by atoms with E-state index >= 15 is 0 Å². The largest absolute Gasteiger partial charge is 0.378 e. The van der Waals surface area contributed by atoms with Crippen LogP contribution in [0.2, 0.25) is 0 Å². The molecule has 2 aromatic rings. The summed E-state index contributed by atoms with van der Waals surface area (Å²) in [5, 5.41) is 0. The molecular weight excluding hydrogens is 262 g/mol. The summed E-state index contributed by atoms with van der Waals surface area (Å²) in [7, 11) is 0. The average Bonchev–Trinajstić information content (AvgIpc) is 2.84. The standard InChI is InChI=1S/C14H18ClN3O/c15-9-14-17-12-10-16-6-4-13(12)18(14)7-5-11-3-1-2-8-19-11/h4,6,10-11H,1-3,5,7-9H2. The molecule has 102 valence electrons. The van der Waals surface area contributed by atoms with Crippen LogP contribution in [0.3, 0.4) is 0 Å². The molecule has 1 saturated heterocycles. The minimum absolute atomic E-state index is 0.385. The highest BCUT2D eigenvalue weighted by molar-refractivity contribution is 6.16. The van der Waals surface area contributed by atoms with Gasteiger partial charge in [0, 0.05) is 19.3 Å². The number of nitrogens with zero attached hydrogens (tertiary/aromatic N) is 3. The molecular formula is C14H18ClN3O. The lowest BCUT2D eigenvalue weighted by Gasteiger charge is -2.23. The van der Waals surface area contributed by atoms with E-state index in [-0.39, 0.29) is 0 Å². The van der Waals surface area contributed by atoms with Crippen molar-refractivity contribution in [2.75, 3.05) is 6.61 Å². The zero-order chi connectivity index (χ0) is 13.1. The number of aryl methyl sites for hydroxylation is 1. The third kappa shape index (κ3) is 2.74. The van der Waals surface area contributed by atoms with Gasteiger partial charge in [0.15, 0.2) is 0 Å². The predicted octanol–water partition coefficient (Wildman–Crippen LogP) is 3.13. The van der Waals surface area contributed by atoms with E-state index in [9.17, 15) is 0 Å². The Bertz CT molecular complexity index is 549. The Morgan fingerprint density at radius 2 is 2.37 bits per heavy atom. The molecule has 3 heterocycles. The molecule has 1 aliphatic rings. The lowest BCUT2D eigenvalue weighted by molar-refractivity contribution is 0.00889. The minimum atomic E-state index is 0.385. The van der Waals surface area contributed by atoms with E-state index in [2.05, 4.69) is 14.5 Å². The summed E-state index contributed by atoms with van der Waals surface area (Å²) in [5.41, 5.74) is 2.03. The number of pyridine rings is 1. The van der Waals surface area contributed by atoms with Gasteiger partial charge in [0.1, 0.15) is 11.3 Å². The van der Waals surface area contributed by atoms with Crippen molar-refractivity contribution in [1.29, 1.82) is 0 Å². The average molecular weight is 280 g/mol. The smallest absolute Gasteiger partial charge is 0.124 e. The van der Waals surface area contributed by atoms with Gasteiger partial charge in [-0.05, 0) is 31.7 Å². The highest BCUT2D eigenvalue weighted by atomic mass is 35.5. The fourth-order valence-corrected chi connectivity index (χ4v) is 2.90. The van der Waals surface area contributed by atoms with Crippen molar-refractivity contribution in [3.8, 4) is 0 Å². The first-order chi connectivity index (χ1) is 9.38. The number of aromatic nitrogens is 3. The van der Waals surface area contributed by atoms with Crippen molar-refractivity contribution in [1.82, 2.24) is 14.5 Å². The molecule has 4 nitrogen and oxygen atoms in total. The van der Waals surface area contributed by atoms with Crippen molar-refractivity contribution in [2.24, 2.45) is 0 Å². The van der Waals surface area contributed by atoms with E-state index in [0.717, 1.165) is 36.4 Å². The van der Waals surface area contributed by atoms with Crippen LogP contribution >= 0.6 is 11.6 Å². The second-order valence-corrected chi connectivity index (χ2v) is 5.22. The molecule has 1 atom stereocenters. The maximum Gasteiger partial charge on any atom is 0.124 e. The number of alkyl halides is 1. The number of fused-ring (bicyclic) bond motifs is 1. The third-order valence-electron chi connectivity index (χ3n) is 3.70. The molecule has 0 aromatic carbocycles. The molecule has 2 aromatic heterocycles. The lowest BCUT2D eigenvalue weighted by atomic mass is 10.1. The van der Waals surface area contributed by atoms with Gasteiger partial charge in [-0.3, -0.25) is 4.98 Å². The van der Waals surface area contributed by atoms with Crippen LogP contribution in [0.4, 0.5) is 0 Å². The molecule has 3 rings (SSSR count). The molecule has 0 spiro atoms. The molecule has 1 aliphatic heterocycles. The first-order valence-corrected chi connectivity index (χ1v) is 7.38. The molecule has 5 heteroatoms. The summed E-state index contributed by atoms with van der Waals surface area (Å²) in [5.74, 6) is 1.35. The van der Waals surface area contributed by atoms with Crippen molar-refractivity contribution in [3.05, 3.63) is 24.3 Å². The number of hydrogen-bond donors (Lipinski definition) is 0. The molecule has 0 saturated carbocycles. The molecule has 0 radical (unpaired) electrons. The van der Waals surface area contributed by atoms with Crippen LogP contribution in [0.5, 0.6) is 0 Å². The number of ether oxygens (including phenoxy) is 1. The van der Waals surface area contributed by atoms with E-state index in [1.54, 1.807) is 12.4 Å². The Hall–Kier alpha value is -1.13. The lowest BCUT2D eigenvalue weighted by Crippen LogP contribution is -2.21. The highest BCUT2D eigenvalue weighted by Gasteiger charge is 2.16. The van der Waals surface area contributed by atoms with Crippen molar-refractivity contribution >= 4 is 22.6 Å². The van der Waals surface area contributed by atoms with Gasteiger partial charge in [0.2, 0.25) is 0 Å². The van der Waals surface area contributed by atoms with E-state index in [1.807, 2.05) is 6.07 Å². The minimum Gasteiger partial charge on any atom is -0.378 e. The summed E-state index contributed by atoms with van der Waals surface area (Å²) in [6.07, 6.45) is 8.65. The van der Waals surface area contributed by atoms with Crippen LogP contribution < -0.4 is 0 Å². The monoisotopic (exact) mass is 279 g/mol. The summed E-state index contributed by atoms with van der Waals surface area (Å²) in [4.78, 5) is 8.63. The van der Waals surface area contributed by atoms with Gasteiger partial charge in [-0.2, -0.15) is 0 Å². The van der Waals surface area contributed by atoms with Gasteiger partial charge in [-0.25, -0.2) is 4.98 Å². The summed E-state index contributed by atoms with van der Waals surface area (Å²) < 4.78 is 7.98. The molecule has 1 fully saturated rings. The van der Waals surface area contributed by atoms with E-state index in [0.29, 0.717) is 12.0 Å². The van der Waals surface area contributed by atoms with Crippen molar-refractivity contribution < 1.29 is 4.74 Å². The second-order valence-electron chi connectivity index (χ2n) is 4.95. The Morgan fingerprint density at radius 3 is 3.16 bits per heavy atom. The first-order valence-electron chi connectivity index (χ1n) is 6.85. The van der Waals surface area contributed by atoms with Crippen LogP contribution in [-0.4, -0.2) is 27.2 Å². The van der Waals surface area contributed by atoms with Crippen molar-refractivity contribution in [2.45, 2.75) is 44.2 Å². The molecule has 19 heavy (non-hydrogen) atoms. The van der Waals surface area contributed by atoms with Crippen LogP contribution in [0.25, 0.3) is 11.0 Å². The summed E-state index contributed by atoms with van der Waals surface area (Å²) >= 11 is 5.99. The molecule has 0 N–H and O–H groups in total. The van der Waals surface area contributed by atoms with Crippen molar-refractivity contribution in [3.63, 3.8) is 0 Å². The van der Waals surface area contributed by atoms with E-state index in [1.165, 1.54) is 19.3 Å². The maximum atomic E-state index is 5.99. The first kappa shape index (κ1) is 12.9. The Morgan fingerprint density at radius 1 is 1.42 bits per heavy atom. The fourth-order valence-electron chi connectivity index (χ4n) is 2.69. The topological polar surface area (TPSA) is 39.9 Å².